The molecule has 28 heavy (non-hydrogen) atoms. The number of likely N-dealkylation sites (tertiary alicyclic amines) is 1. The molecule has 2 N–H and O–H groups in total. The first-order valence-corrected chi connectivity index (χ1v) is 10.1. The maximum Gasteiger partial charge on any atom is 0.409 e. The summed E-state index contributed by atoms with van der Waals surface area (Å²) in [4.78, 5) is 37.4. The predicted octanol–water partition coefficient (Wildman–Crippen LogP) is 3.24. The van der Waals surface area contributed by atoms with Gasteiger partial charge in [-0.15, -0.1) is 0 Å². The van der Waals surface area contributed by atoms with Gasteiger partial charge in [0.15, 0.2) is 0 Å². The molecule has 0 unspecified atom stereocenters. The minimum Gasteiger partial charge on any atom is -0.450 e. The van der Waals surface area contributed by atoms with Crippen molar-refractivity contribution in [1.29, 1.82) is 0 Å². The summed E-state index contributed by atoms with van der Waals surface area (Å²) in [5.41, 5.74) is 0.423. The van der Waals surface area contributed by atoms with Crippen LogP contribution in [0.3, 0.4) is 0 Å². The Balaban J connectivity index is 1.62. The molecule has 3 amide bonds. The standard InChI is InChI=1S/C19H25Cl2N3O4/c1-2-28-19(27)24-10-7-14(8-11-24)23-17(25)4-3-9-22-18(26)13-5-6-15(20)16(21)12-13/h5-6,12,14H,2-4,7-11H2,1H3,(H,22,26)(H,23,25). The number of benzene rings is 1. The number of nitrogens with zero attached hydrogens (tertiary/aromatic N) is 1. The average Bonchev–Trinajstić information content (AvgIpc) is 2.68. The lowest BCUT2D eigenvalue weighted by Crippen LogP contribution is -2.46. The topological polar surface area (TPSA) is 87.7 Å². The molecule has 154 valence electrons. The van der Waals surface area contributed by atoms with Crippen LogP contribution in [0.15, 0.2) is 18.2 Å². The summed E-state index contributed by atoms with van der Waals surface area (Å²) in [5, 5.41) is 6.45. The molecule has 0 spiro atoms. The van der Waals surface area contributed by atoms with Gasteiger partial charge in [0, 0.05) is 37.7 Å². The molecule has 1 aliphatic heterocycles. The number of piperidine rings is 1. The predicted molar refractivity (Wildman–Crippen MR) is 108 cm³/mol. The Kier molecular flexibility index (Phi) is 8.86. The van der Waals surface area contributed by atoms with E-state index in [-0.39, 0.29) is 23.9 Å². The molecule has 2 rings (SSSR count). The van der Waals surface area contributed by atoms with E-state index in [1.807, 2.05) is 0 Å². The van der Waals surface area contributed by atoms with Crippen molar-refractivity contribution in [3.63, 3.8) is 0 Å². The summed E-state index contributed by atoms with van der Waals surface area (Å²) < 4.78 is 4.98. The van der Waals surface area contributed by atoms with Crippen LogP contribution >= 0.6 is 23.2 Å². The zero-order chi connectivity index (χ0) is 20.5. The average molecular weight is 430 g/mol. The van der Waals surface area contributed by atoms with E-state index in [1.165, 1.54) is 6.07 Å². The second-order valence-corrected chi connectivity index (χ2v) is 7.33. The van der Waals surface area contributed by atoms with Crippen molar-refractivity contribution in [2.75, 3.05) is 26.2 Å². The third-order valence-electron chi connectivity index (χ3n) is 4.43. The van der Waals surface area contributed by atoms with Crippen LogP contribution in [-0.2, 0) is 9.53 Å². The Labute approximate surface area is 174 Å². The lowest BCUT2D eigenvalue weighted by Gasteiger charge is -2.31. The van der Waals surface area contributed by atoms with Crippen molar-refractivity contribution in [1.82, 2.24) is 15.5 Å². The van der Waals surface area contributed by atoms with E-state index in [9.17, 15) is 14.4 Å². The third kappa shape index (κ3) is 6.87. The van der Waals surface area contributed by atoms with Crippen molar-refractivity contribution in [2.24, 2.45) is 0 Å². The van der Waals surface area contributed by atoms with Gasteiger partial charge in [0.1, 0.15) is 0 Å². The van der Waals surface area contributed by atoms with E-state index in [2.05, 4.69) is 10.6 Å². The largest absolute Gasteiger partial charge is 0.450 e. The Morgan fingerprint density at radius 1 is 1.18 bits per heavy atom. The number of ether oxygens (including phenoxy) is 1. The zero-order valence-electron chi connectivity index (χ0n) is 15.8. The molecule has 0 radical (unpaired) electrons. The number of carbonyl (C=O) groups excluding carboxylic acids is 3. The SMILES string of the molecule is CCOC(=O)N1CCC(NC(=O)CCCNC(=O)c2ccc(Cl)c(Cl)c2)CC1. The maximum absolute atomic E-state index is 12.1. The highest BCUT2D eigenvalue weighted by molar-refractivity contribution is 6.42. The van der Waals surface area contributed by atoms with Gasteiger partial charge >= 0.3 is 6.09 Å². The second kappa shape index (κ2) is 11.1. The fourth-order valence-corrected chi connectivity index (χ4v) is 3.21. The van der Waals surface area contributed by atoms with Gasteiger partial charge in [-0.3, -0.25) is 9.59 Å². The summed E-state index contributed by atoms with van der Waals surface area (Å²) in [5.74, 6) is -0.316. The Morgan fingerprint density at radius 3 is 2.54 bits per heavy atom. The van der Waals surface area contributed by atoms with Gasteiger partial charge in [-0.1, -0.05) is 23.2 Å². The minimum absolute atomic E-state index is 0.0571. The monoisotopic (exact) mass is 429 g/mol. The van der Waals surface area contributed by atoms with Crippen LogP contribution in [0.4, 0.5) is 4.79 Å². The molecule has 1 saturated heterocycles. The van der Waals surface area contributed by atoms with Crippen molar-refractivity contribution in [2.45, 2.75) is 38.6 Å². The Morgan fingerprint density at radius 2 is 1.89 bits per heavy atom. The molecule has 0 aromatic heterocycles. The van der Waals surface area contributed by atoms with Crippen LogP contribution in [0.2, 0.25) is 10.0 Å². The van der Waals surface area contributed by atoms with E-state index in [0.29, 0.717) is 67.5 Å². The number of carbonyl (C=O) groups is 3. The van der Waals surface area contributed by atoms with Gasteiger partial charge < -0.3 is 20.3 Å². The van der Waals surface area contributed by atoms with Gasteiger partial charge in [-0.25, -0.2) is 4.79 Å². The first kappa shape index (κ1) is 22.3. The smallest absolute Gasteiger partial charge is 0.409 e. The normalized spacial score (nSPS) is 14.5. The first-order valence-electron chi connectivity index (χ1n) is 9.35. The fraction of sp³-hybridized carbons (Fsp3) is 0.526. The van der Waals surface area contributed by atoms with E-state index in [0.717, 1.165) is 0 Å². The molecule has 1 aromatic rings. The number of hydrogen-bond acceptors (Lipinski definition) is 4. The van der Waals surface area contributed by atoms with Crippen LogP contribution in [0.1, 0.15) is 43.0 Å². The highest BCUT2D eigenvalue weighted by atomic mass is 35.5. The molecule has 1 fully saturated rings. The third-order valence-corrected chi connectivity index (χ3v) is 5.17. The number of rotatable bonds is 7. The lowest BCUT2D eigenvalue weighted by atomic mass is 10.1. The Hall–Kier alpha value is -1.99. The van der Waals surface area contributed by atoms with Crippen molar-refractivity contribution in [3.05, 3.63) is 33.8 Å². The molecule has 1 heterocycles. The van der Waals surface area contributed by atoms with Gasteiger partial charge in [0.05, 0.1) is 16.7 Å². The number of halogens is 2. The molecule has 0 bridgehead atoms. The van der Waals surface area contributed by atoms with Crippen LogP contribution in [0.5, 0.6) is 0 Å². The van der Waals surface area contributed by atoms with Gasteiger partial charge in [-0.05, 0) is 44.4 Å². The molecule has 0 saturated carbocycles. The summed E-state index contributed by atoms with van der Waals surface area (Å²) >= 11 is 11.7. The molecular weight excluding hydrogens is 405 g/mol. The summed E-state index contributed by atoms with van der Waals surface area (Å²) in [7, 11) is 0. The van der Waals surface area contributed by atoms with Crippen LogP contribution < -0.4 is 10.6 Å². The number of hydrogen-bond donors (Lipinski definition) is 2. The molecule has 0 atom stereocenters. The highest BCUT2D eigenvalue weighted by Gasteiger charge is 2.24. The molecular formula is C19H25Cl2N3O4. The number of amides is 3. The van der Waals surface area contributed by atoms with Crippen LogP contribution in [0, 0.1) is 0 Å². The van der Waals surface area contributed by atoms with E-state index >= 15 is 0 Å². The van der Waals surface area contributed by atoms with Gasteiger partial charge in [-0.2, -0.15) is 0 Å². The Bertz CT molecular complexity index is 706. The second-order valence-electron chi connectivity index (χ2n) is 6.52. The highest BCUT2D eigenvalue weighted by Crippen LogP contribution is 2.22. The van der Waals surface area contributed by atoms with E-state index < -0.39 is 0 Å². The van der Waals surface area contributed by atoms with E-state index in [4.69, 9.17) is 27.9 Å². The molecule has 9 heteroatoms. The van der Waals surface area contributed by atoms with Crippen LogP contribution in [0.25, 0.3) is 0 Å². The van der Waals surface area contributed by atoms with Crippen molar-refractivity contribution in [3.8, 4) is 0 Å². The maximum atomic E-state index is 12.1. The summed E-state index contributed by atoms with van der Waals surface area (Å²) in [6.07, 6.45) is 1.96. The van der Waals surface area contributed by atoms with Gasteiger partial charge in [0.25, 0.3) is 5.91 Å². The molecule has 1 aromatic carbocycles. The van der Waals surface area contributed by atoms with Crippen molar-refractivity contribution < 1.29 is 19.1 Å². The van der Waals surface area contributed by atoms with Gasteiger partial charge in [0.2, 0.25) is 5.91 Å². The molecule has 1 aliphatic rings. The zero-order valence-corrected chi connectivity index (χ0v) is 17.3. The first-order chi connectivity index (χ1) is 13.4. The summed E-state index contributed by atoms with van der Waals surface area (Å²) in [6, 6.07) is 4.73. The quantitative estimate of drug-likeness (QED) is 0.651. The van der Waals surface area contributed by atoms with E-state index in [1.54, 1.807) is 24.0 Å². The fourth-order valence-electron chi connectivity index (χ4n) is 2.91. The molecule has 7 nitrogen and oxygen atoms in total. The number of nitrogens with one attached hydrogen (secondary N) is 2. The molecule has 0 aliphatic carbocycles. The van der Waals surface area contributed by atoms with Crippen LogP contribution in [-0.4, -0.2) is 55.1 Å². The summed E-state index contributed by atoms with van der Waals surface area (Å²) in [6.45, 7) is 3.66. The lowest BCUT2D eigenvalue weighted by molar-refractivity contribution is -0.122. The van der Waals surface area contributed by atoms with Crippen molar-refractivity contribution >= 4 is 41.1 Å². The minimum atomic E-state index is -0.301.